The molecule has 0 spiro atoms. The Bertz CT molecular complexity index is 865. The normalized spacial score (nSPS) is 10.7. The third kappa shape index (κ3) is 4.85. The van der Waals surface area contributed by atoms with Gasteiger partial charge in [0.1, 0.15) is 12.1 Å². The molecule has 0 saturated heterocycles. The summed E-state index contributed by atoms with van der Waals surface area (Å²) in [7, 11) is 2.52. The van der Waals surface area contributed by atoms with Crippen molar-refractivity contribution in [3.63, 3.8) is 0 Å². The van der Waals surface area contributed by atoms with Crippen molar-refractivity contribution in [1.82, 2.24) is 20.3 Å². The topological polar surface area (TPSA) is 115 Å². The first-order chi connectivity index (χ1) is 12.0. The molecular formula is C15H14N4O5S. The van der Waals surface area contributed by atoms with E-state index in [4.69, 9.17) is 21.7 Å². The highest BCUT2D eigenvalue weighted by atomic mass is 32.1. The number of rotatable bonds is 5. The Balaban J connectivity index is 2.39. The van der Waals surface area contributed by atoms with Crippen LogP contribution in [0.3, 0.4) is 0 Å². The van der Waals surface area contributed by atoms with E-state index in [1.807, 2.05) is 0 Å². The van der Waals surface area contributed by atoms with Crippen LogP contribution in [-0.2, 0) is 14.3 Å². The average molecular weight is 362 g/mol. The minimum atomic E-state index is -0.898. The largest absolute Gasteiger partial charge is 0.504 e. The molecule has 9 nitrogen and oxygen atoms in total. The summed E-state index contributed by atoms with van der Waals surface area (Å²) in [5.41, 5.74) is 0.417. The van der Waals surface area contributed by atoms with Crippen LogP contribution in [0.5, 0.6) is 11.8 Å². The van der Waals surface area contributed by atoms with Gasteiger partial charge >= 0.3 is 12.1 Å². The number of ether oxygens (including phenoxy) is 3. The second-order valence-electron chi connectivity index (χ2n) is 4.42. The molecule has 0 aliphatic carbocycles. The Hall–Kier alpha value is -3.27. The van der Waals surface area contributed by atoms with Crippen molar-refractivity contribution in [2.24, 2.45) is 0 Å². The van der Waals surface area contributed by atoms with Crippen molar-refractivity contribution in [2.75, 3.05) is 14.2 Å². The Morgan fingerprint density at radius 3 is 2.68 bits per heavy atom. The lowest BCUT2D eigenvalue weighted by Crippen LogP contribution is -2.31. The van der Waals surface area contributed by atoms with E-state index in [1.165, 1.54) is 19.7 Å². The van der Waals surface area contributed by atoms with Crippen LogP contribution in [0.25, 0.3) is 5.57 Å². The number of carbonyl (C=O) groups is 2. The molecule has 1 aromatic heterocycles. The van der Waals surface area contributed by atoms with Gasteiger partial charge in [-0.2, -0.15) is 4.98 Å². The van der Waals surface area contributed by atoms with E-state index in [2.05, 4.69) is 25.0 Å². The highest BCUT2D eigenvalue weighted by molar-refractivity contribution is 7.71. The third-order valence-corrected chi connectivity index (χ3v) is 3.04. The second kappa shape index (κ2) is 8.55. The monoisotopic (exact) mass is 362 g/mol. The van der Waals surface area contributed by atoms with Gasteiger partial charge in [-0.05, 0) is 18.3 Å². The van der Waals surface area contributed by atoms with E-state index in [-0.39, 0.29) is 22.1 Å². The van der Waals surface area contributed by atoms with Gasteiger partial charge in [0.25, 0.3) is 5.91 Å². The number of alkyl carbamates (subject to hydrolysis) is 1. The summed E-state index contributed by atoms with van der Waals surface area (Å²) in [6.07, 6.45) is 1.53. The molecule has 2 N–H and O–H groups in total. The Kier molecular flexibility index (Phi) is 6.18. The average Bonchev–Trinajstić information content (AvgIpc) is 2.60. The number of nitrogens with zero attached hydrogens (tertiary/aromatic N) is 2. The number of hydrogen-bond donors (Lipinski definition) is 2. The van der Waals surface area contributed by atoms with Crippen molar-refractivity contribution < 1.29 is 23.8 Å². The van der Waals surface area contributed by atoms with Gasteiger partial charge in [-0.15, -0.1) is 0 Å². The first-order valence-corrected chi connectivity index (χ1v) is 7.26. The van der Waals surface area contributed by atoms with Gasteiger partial charge in [0.2, 0.25) is 4.77 Å². The Labute approximate surface area is 147 Å². The minimum absolute atomic E-state index is 0.0520. The quantitative estimate of drug-likeness (QED) is 0.472. The van der Waals surface area contributed by atoms with Gasteiger partial charge in [0.15, 0.2) is 0 Å². The van der Waals surface area contributed by atoms with E-state index < -0.39 is 12.0 Å². The number of aromatic nitrogens is 3. The fourth-order valence-corrected chi connectivity index (χ4v) is 1.93. The molecule has 0 unspecified atom stereocenters. The van der Waals surface area contributed by atoms with E-state index in [1.54, 1.807) is 24.3 Å². The maximum Gasteiger partial charge on any atom is 0.413 e. The number of benzene rings is 1. The summed E-state index contributed by atoms with van der Waals surface area (Å²) in [4.78, 5) is 33.9. The molecule has 1 aromatic carbocycles. The van der Waals surface area contributed by atoms with Gasteiger partial charge in [-0.25, -0.2) is 9.78 Å². The summed E-state index contributed by atoms with van der Waals surface area (Å²) in [5, 5.41) is 2.06. The van der Waals surface area contributed by atoms with Crippen LogP contribution in [0.4, 0.5) is 4.79 Å². The molecule has 0 fully saturated rings. The van der Waals surface area contributed by atoms with Crippen LogP contribution in [0, 0.1) is 4.77 Å². The number of para-hydroxylation sites is 1. The molecular weight excluding hydrogens is 348 g/mol. The lowest BCUT2D eigenvalue weighted by atomic mass is 10.1. The number of nitrogens with one attached hydrogen (secondary N) is 2. The summed E-state index contributed by atoms with van der Waals surface area (Å²) < 4.78 is 15.2. The van der Waals surface area contributed by atoms with Gasteiger partial charge < -0.3 is 14.2 Å². The molecule has 1 heterocycles. The number of hydrogen-bond acceptors (Lipinski definition) is 8. The number of imide groups is 1. The summed E-state index contributed by atoms with van der Waals surface area (Å²) in [5.74, 6) is -0.435. The van der Waals surface area contributed by atoms with Gasteiger partial charge in [-0.1, -0.05) is 18.2 Å². The standard InChI is InChI=1S/C15H14N4O5S/c1-22-7-10(12(20)18-15(21)23-2)9-5-3-4-6-11(9)24-13-16-8-17-14(25)19-13/h3-8H,1-2H3,(H,18,20,21)(H,16,17,19,25)/b10-7+. The smallest absolute Gasteiger partial charge is 0.413 e. The number of aromatic amines is 1. The van der Waals surface area contributed by atoms with E-state index in [9.17, 15) is 9.59 Å². The van der Waals surface area contributed by atoms with Crippen molar-refractivity contribution in [2.45, 2.75) is 0 Å². The zero-order chi connectivity index (χ0) is 18.2. The van der Waals surface area contributed by atoms with Gasteiger partial charge in [0, 0.05) is 5.56 Å². The molecule has 130 valence electrons. The fourth-order valence-electron chi connectivity index (χ4n) is 1.79. The highest BCUT2D eigenvalue weighted by Gasteiger charge is 2.20. The SMILES string of the molecule is CO/C=C(/C(=O)NC(=O)OC)c1ccccc1Oc1ncnc(=S)[nH]1. The predicted molar refractivity (Wildman–Crippen MR) is 89.3 cm³/mol. The predicted octanol–water partition coefficient (Wildman–Crippen LogP) is 2.20. The Morgan fingerprint density at radius 1 is 1.24 bits per heavy atom. The molecule has 25 heavy (non-hydrogen) atoms. The van der Waals surface area contributed by atoms with Crippen molar-refractivity contribution in [1.29, 1.82) is 0 Å². The first kappa shape index (κ1) is 18.1. The molecule has 0 saturated carbocycles. The second-order valence-corrected chi connectivity index (χ2v) is 4.81. The maximum atomic E-state index is 12.3. The first-order valence-electron chi connectivity index (χ1n) is 6.86. The highest BCUT2D eigenvalue weighted by Crippen LogP contribution is 2.29. The van der Waals surface area contributed by atoms with Crippen LogP contribution in [0.1, 0.15) is 5.56 Å². The van der Waals surface area contributed by atoms with Crippen molar-refractivity contribution in [3.8, 4) is 11.8 Å². The number of methoxy groups -OCH3 is 2. The third-order valence-electron chi connectivity index (χ3n) is 2.83. The van der Waals surface area contributed by atoms with Crippen LogP contribution < -0.4 is 10.1 Å². The number of amides is 2. The van der Waals surface area contributed by atoms with Crippen LogP contribution >= 0.6 is 12.2 Å². The lowest BCUT2D eigenvalue weighted by molar-refractivity contribution is -0.115. The van der Waals surface area contributed by atoms with Gasteiger partial charge in [-0.3, -0.25) is 15.1 Å². The number of H-pyrrole nitrogens is 1. The molecule has 0 aliphatic rings. The van der Waals surface area contributed by atoms with Gasteiger partial charge in [0.05, 0.1) is 26.1 Å². The number of carbonyl (C=O) groups excluding carboxylic acids is 2. The van der Waals surface area contributed by atoms with Crippen LogP contribution in [0.15, 0.2) is 36.9 Å². The molecule has 2 aromatic rings. The molecule has 0 atom stereocenters. The molecule has 0 radical (unpaired) electrons. The van der Waals surface area contributed by atoms with E-state index in [0.717, 1.165) is 7.11 Å². The molecule has 0 bridgehead atoms. The maximum absolute atomic E-state index is 12.3. The van der Waals surface area contributed by atoms with Crippen molar-refractivity contribution >= 4 is 29.8 Å². The fraction of sp³-hybridized carbons (Fsp3) is 0.133. The lowest BCUT2D eigenvalue weighted by Gasteiger charge is -2.12. The Morgan fingerprint density at radius 2 is 2.00 bits per heavy atom. The summed E-state index contributed by atoms with van der Waals surface area (Å²) in [6, 6.07) is 6.73. The van der Waals surface area contributed by atoms with Crippen LogP contribution in [0.2, 0.25) is 0 Å². The zero-order valence-electron chi connectivity index (χ0n) is 13.3. The van der Waals surface area contributed by atoms with Crippen LogP contribution in [-0.4, -0.2) is 41.2 Å². The summed E-state index contributed by atoms with van der Waals surface area (Å²) >= 11 is 4.91. The summed E-state index contributed by atoms with van der Waals surface area (Å²) in [6.45, 7) is 0. The molecule has 2 amide bonds. The molecule has 2 rings (SSSR count). The molecule has 10 heteroatoms. The van der Waals surface area contributed by atoms with E-state index >= 15 is 0 Å². The zero-order valence-corrected chi connectivity index (χ0v) is 14.1. The van der Waals surface area contributed by atoms with E-state index in [0.29, 0.717) is 5.56 Å². The molecule has 0 aliphatic heterocycles. The van der Waals surface area contributed by atoms with Crippen molar-refractivity contribution in [3.05, 3.63) is 47.2 Å². The minimum Gasteiger partial charge on any atom is -0.504 e.